The number of rotatable bonds is 7. The zero-order valence-corrected chi connectivity index (χ0v) is 17.8. The Morgan fingerprint density at radius 2 is 2.17 bits per heavy atom. The maximum Gasteiger partial charge on any atom is 0.267 e. The molecule has 8 nitrogen and oxygen atoms in total. The van der Waals surface area contributed by atoms with Crippen LogP contribution in [0.2, 0.25) is 0 Å². The van der Waals surface area contributed by atoms with Gasteiger partial charge in [-0.15, -0.1) is 5.10 Å². The summed E-state index contributed by atoms with van der Waals surface area (Å²) in [6.07, 6.45) is 2.42. The van der Waals surface area contributed by atoms with Gasteiger partial charge in [0.15, 0.2) is 5.13 Å². The average Bonchev–Trinajstić information content (AvgIpc) is 3.34. The molecule has 0 radical (unpaired) electrons. The second-order valence-electron chi connectivity index (χ2n) is 7.10. The first-order chi connectivity index (χ1) is 14.5. The number of hydrogen-bond acceptors (Lipinski definition) is 7. The van der Waals surface area contributed by atoms with Gasteiger partial charge in [0.05, 0.1) is 30.5 Å². The molecule has 0 aliphatic carbocycles. The minimum absolute atomic E-state index is 0.235. The van der Waals surface area contributed by atoms with Crippen molar-refractivity contribution in [2.75, 3.05) is 51.4 Å². The van der Waals surface area contributed by atoms with E-state index in [9.17, 15) is 9.18 Å². The van der Waals surface area contributed by atoms with Crippen molar-refractivity contribution in [3.63, 3.8) is 0 Å². The Morgan fingerprint density at radius 3 is 2.93 bits per heavy atom. The summed E-state index contributed by atoms with van der Waals surface area (Å²) < 4.78 is 26.6. The molecular formula is C20H24FN5O3S. The van der Waals surface area contributed by atoms with Crippen LogP contribution in [0.25, 0.3) is 10.2 Å². The topological polar surface area (TPSA) is 72.7 Å². The highest BCUT2D eigenvalue weighted by atomic mass is 32.1. The van der Waals surface area contributed by atoms with Crippen LogP contribution >= 0.6 is 11.3 Å². The molecule has 0 spiro atoms. The van der Waals surface area contributed by atoms with Gasteiger partial charge in [-0.1, -0.05) is 11.3 Å². The van der Waals surface area contributed by atoms with Crippen LogP contribution in [0.3, 0.4) is 0 Å². The van der Waals surface area contributed by atoms with E-state index in [1.807, 2.05) is 0 Å². The highest BCUT2D eigenvalue weighted by molar-refractivity contribution is 7.22. The van der Waals surface area contributed by atoms with Gasteiger partial charge in [-0.2, -0.15) is 0 Å². The molecule has 1 aliphatic rings. The lowest BCUT2D eigenvalue weighted by Crippen LogP contribution is -2.39. The first-order valence-electron chi connectivity index (χ1n) is 9.81. The molecule has 0 N–H and O–H groups in total. The molecule has 3 heterocycles. The van der Waals surface area contributed by atoms with Crippen LogP contribution in [0, 0.1) is 5.82 Å². The van der Waals surface area contributed by atoms with E-state index in [1.165, 1.54) is 30.6 Å². The van der Waals surface area contributed by atoms with Gasteiger partial charge in [-0.05, 0) is 24.6 Å². The van der Waals surface area contributed by atoms with Gasteiger partial charge in [-0.3, -0.25) is 19.3 Å². The Hall–Kier alpha value is -2.56. The number of carbonyl (C=O) groups excluding carboxylic acids is 1. The summed E-state index contributed by atoms with van der Waals surface area (Å²) in [5.74, 6) is -0.286. The number of morpholine rings is 1. The van der Waals surface area contributed by atoms with Crippen LogP contribution < -0.4 is 9.64 Å². The average molecular weight is 434 g/mol. The van der Waals surface area contributed by atoms with Crippen molar-refractivity contribution in [1.82, 2.24) is 19.7 Å². The molecule has 160 valence electrons. The SMILES string of the molecule is COc1nn(C)cc1C(=O)N(CCCN1CCOCC1)c1nc2ccc(F)cc2s1. The van der Waals surface area contributed by atoms with E-state index in [4.69, 9.17) is 9.47 Å². The molecule has 2 aromatic heterocycles. The zero-order valence-electron chi connectivity index (χ0n) is 17.0. The second kappa shape index (κ2) is 9.07. The van der Waals surface area contributed by atoms with Crippen LogP contribution in [-0.4, -0.2) is 72.1 Å². The van der Waals surface area contributed by atoms with Crippen molar-refractivity contribution >= 4 is 32.6 Å². The molecule has 30 heavy (non-hydrogen) atoms. The molecule has 1 amide bonds. The van der Waals surface area contributed by atoms with Crippen LogP contribution in [-0.2, 0) is 11.8 Å². The van der Waals surface area contributed by atoms with Gasteiger partial charge in [-0.25, -0.2) is 9.37 Å². The molecule has 1 aromatic carbocycles. The molecule has 0 atom stereocenters. The number of fused-ring (bicyclic) bond motifs is 1. The Morgan fingerprint density at radius 1 is 1.37 bits per heavy atom. The minimum Gasteiger partial charge on any atom is -0.479 e. The summed E-state index contributed by atoms with van der Waals surface area (Å²) in [7, 11) is 3.23. The van der Waals surface area contributed by atoms with Crippen LogP contribution in [0.4, 0.5) is 9.52 Å². The van der Waals surface area contributed by atoms with E-state index in [0.717, 1.165) is 39.3 Å². The maximum absolute atomic E-state index is 13.6. The summed E-state index contributed by atoms with van der Waals surface area (Å²) in [4.78, 5) is 22.0. The normalized spacial score (nSPS) is 14.9. The lowest BCUT2D eigenvalue weighted by molar-refractivity contribution is 0.0376. The molecular weight excluding hydrogens is 409 g/mol. The molecule has 1 aliphatic heterocycles. The quantitative estimate of drug-likeness (QED) is 0.570. The van der Waals surface area contributed by atoms with Gasteiger partial charge in [0.25, 0.3) is 5.91 Å². The van der Waals surface area contributed by atoms with E-state index in [1.54, 1.807) is 28.9 Å². The van der Waals surface area contributed by atoms with Gasteiger partial charge in [0.1, 0.15) is 11.4 Å². The van der Waals surface area contributed by atoms with Crippen molar-refractivity contribution in [2.24, 2.45) is 7.05 Å². The van der Waals surface area contributed by atoms with Crippen LogP contribution in [0.15, 0.2) is 24.4 Å². The first-order valence-corrected chi connectivity index (χ1v) is 10.6. The van der Waals surface area contributed by atoms with E-state index in [-0.39, 0.29) is 17.6 Å². The number of aromatic nitrogens is 3. The molecule has 10 heteroatoms. The van der Waals surface area contributed by atoms with E-state index >= 15 is 0 Å². The largest absolute Gasteiger partial charge is 0.479 e. The number of amides is 1. The predicted molar refractivity (Wildman–Crippen MR) is 113 cm³/mol. The van der Waals surface area contributed by atoms with Gasteiger partial charge >= 0.3 is 0 Å². The third-order valence-corrected chi connectivity index (χ3v) is 6.03. The first kappa shape index (κ1) is 20.7. The van der Waals surface area contributed by atoms with Crippen molar-refractivity contribution in [3.8, 4) is 5.88 Å². The number of hydrogen-bond donors (Lipinski definition) is 0. The minimum atomic E-state index is -0.322. The summed E-state index contributed by atoms with van der Waals surface area (Å²) in [5, 5.41) is 4.73. The van der Waals surface area contributed by atoms with Crippen LogP contribution in [0.5, 0.6) is 5.88 Å². The summed E-state index contributed by atoms with van der Waals surface area (Å²) in [5.41, 5.74) is 1.04. The van der Waals surface area contributed by atoms with Crippen LogP contribution in [0.1, 0.15) is 16.8 Å². The third kappa shape index (κ3) is 4.45. The second-order valence-corrected chi connectivity index (χ2v) is 8.11. The molecule has 1 saturated heterocycles. The van der Waals surface area contributed by atoms with Gasteiger partial charge in [0, 0.05) is 39.4 Å². The highest BCUT2D eigenvalue weighted by Crippen LogP contribution is 2.31. The van der Waals surface area contributed by atoms with E-state index in [0.29, 0.717) is 27.5 Å². The Bertz CT molecular complexity index is 1030. The fourth-order valence-corrected chi connectivity index (χ4v) is 4.49. The molecule has 4 rings (SSSR count). The van der Waals surface area contributed by atoms with Crippen molar-refractivity contribution < 1.29 is 18.7 Å². The number of halogens is 1. The van der Waals surface area contributed by atoms with Crippen molar-refractivity contribution in [1.29, 1.82) is 0 Å². The number of benzene rings is 1. The molecule has 0 bridgehead atoms. The van der Waals surface area contributed by atoms with Crippen molar-refractivity contribution in [2.45, 2.75) is 6.42 Å². The number of methoxy groups -OCH3 is 1. The number of carbonyl (C=O) groups is 1. The fraction of sp³-hybridized carbons (Fsp3) is 0.450. The maximum atomic E-state index is 13.6. The summed E-state index contributed by atoms with van der Waals surface area (Å²) in [6.45, 7) is 4.60. The van der Waals surface area contributed by atoms with Gasteiger partial charge in [0.2, 0.25) is 5.88 Å². The zero-order chi connectivity index (χ0) is 21.1. The number of thiazole rings is 1. The number of aryl methyl sites for hydroxylation is 1. The summed E-state index contributed by atoms with van der Waals surface area (Å²) in [6, 6.07) is 4.45. The molecule has 3 aromatic rings. The molecule has 0 saturated carbocycles. The Labute approximate surface area is 177 Å². The van der Waals surface area contributed by atoms with Crippen molar-refractivity contribution in [3.05, 3.63) is 35.8 Å². The number of ether oxygens (including phenoxy) is 2. The standard InChI is InChI=1S/C20H24FN5O3S/c1-24-13-15(18(23-24)28-2)19(27)26(7-3-6-25-8-10-29-11-9-25)20-22-16-5-4-14(21)12-17(16)30-20/h4-5,12-13H,3,6-11H2,1-2H3. The fourth-order valence-electron chi connectivity index (χ4n) is 3.47. The number of nitrogens with zero attached hydrogens (tertiary/aromatic N) is 5. The number of anilines is 1. The predicted octanol–water partition coefficient (Wildman–Crippen LogP) is 2.55. The lowest BCUT2D eigenvalue weighted by atomic mass is 10.2. The lowest BCUT2D eigenvalue weighted by Gasteiger charge is -2.27. The smallest absolute Gasteiger partial charge is 0.267 e. The third-order valence-electron chi connectivity index (χ3n) is 4.99. The molecule has 1 fully saturated rings. The molecule has 0 unspecified atom stereocenters. The van der Waals surface area contributed by atoms with E-state index in [2.05, 4.69) is 15.0 Å². The highest BCUT2D eigenvalue weighted by Gasteiger charge is 2.26. The van der Waals surface area contributed by atoms with Gasteiger partial charge < -0.3 is 9.47 Å². The van der Waals surface area contributed by atoms with E-state index < -0.39 is 0 Å². The Kier molecular flexibility index (Phi) is 6.26. The Balaban J connectivity index is 1.60. The summed E-state index contributed by atoms with van der Waals surface area (Å²) >= 11 is 1.30. The monoisotopic (exact) mass is 433 g/mol.